The quantitative estimate of drug-likeness (QED) is 0.447. The number of carbonyl (C=O) groups excluding carboxylic acids is 3. The number of nitrogens with one attached hydrogen (secondary N) is 1. The van der Waals surface area contributed by atoms with Gasteiger partial charge in [-0.05, 0) is 42.8 Å². The molecule has 2 amide bonds. The van der Waals surface area contributed by atoms with Crippen LogP contribution in [-0.4, -0.2) is 37.5 Å². The average molecular weight is 436 g/mol. The maximum absolute atomic E-state index is 12.1. The van der Waals surface area contributed by atoms with Gasteiger partial charge < -0.3 is 24.1 Å². The molecule has 0 spiro atoms. The van der Waals surface area contributed by atoms with Gasteiger partial charge in [-0.1, -0.05) is 6.07 Å². The third-order valence-electron chi connectivity index (χ3n) is 4.83. The highest BCUT2D eigenvalue weighted by Crippen LogP contribution is 2.24. The van der Waals surface area contributed by atoms with Crippen LogP contribution in [0.25, 0.3) is 11.0 Å². The maximum atomic E-state index is 12.1. The molecule has 0 unspecified atom stereocenters. The fourth-order valence-electron chi connectivity index (χ4n) is 3.33. The Balaban J connectivity index is 1.26. The van der Waals surface area contributed by atoms with Gasteiger partial charge in [-0.3, -0.25) is 9.59 Å². The summed E-state index contributed by atoms with van der Waals surface area (Å²) in [4.78, 5) is 48.9. The summed E-state index contributed by atoms with van der Waals surface area (Å²) in [6, 6.07) is 14.7. The molecule has 1 aliphatic rings. The summed E-state index contributed by atoms with van der Waals surface area (Å²) in [6.45, 7) is -0.249. The van der Waals surface area contributed by atoms with Crippen molar-refractivity contribution in [2.45, 2.75) is 12.8 Å². The van der Waals surface area contributed by atoms with E-state index in [9.17, 15) is 19.2 Å². The highest BCUT2D eigenvalue weighted by atomic mass is 16.6. The molecular weight excluding hydrogens is 416 g/mol. The summed E-state index contributed by atoms with van der Waals surface area (Å²) in [5.41, 5.74) is 1.05. The SMILES string of the molecule is O=C(COC(=O)COc1ccc2ccc(=O)oc2c1)Nc1cccc(N2CCCC2=O)c1. The van der Waals surface area contributed by atoms with E-state index in [0.29, 0.717) is 35.7 Å². The van der Waals surface area contributed by atoms with Crippen LogP contribution in [0.4, 0.5) is 11.4 Å². The van der Waals surface area contributed by atoms with Gasteiger partial charge in [0.15, 0.2) is 13.2 Å². The third-order valence-corrected chi connectivity index (χ3v) is 4.83. The topological polar surface area (TPSA) is 115 Å². The van der Waals surface area contributed by atoms with Gasteiger partial charge in [0.25, 0.3) is 5.91 Å². The number of benzene rings is 2. The van der Waals surface area contributed by atoms with Crippen molar-refractivity contribution in [3.05, 3.63) is 65.0 Å². The molecule has 164 valence electrons. The van der Waals surface area contributed by atoms with Crippen molar-refractivity contribution in [2.75, 3.05) is 30.0 Å². The lowest BCUT2D eigenvalue weighted by molar-refractivity contribution is -0.149. The van der Waals surface area contributed by atoms with Gasteiger partial charge in [0.1, 0.15) is 11.3 Å². The van der Waals surface area contributed by atoms with Crippen LogP contribution in [0.15, 0.2) is 63.8 Å². The van der Waals surface area contributed by atoms with Gasteiger partial charge in [0.05, 0.1) is 0 Å². The van der Waals surface area contributed by atoms with Gasteiger partial charge in [-0.2, -0.15) is 0 Å². The van der Waals surface area contributed by atoms with Crippen molar-refractivity contribution in [2.24, 2.45) is 0 Å². The zero-order chi connectivity index (χ0) is 22.5. The lowest BCUT2D eigenvalue weighted by Gasteiger charge is -2.16. The first kappa shape index (κ1) is 21.1. The Labute approximate surface area is 182 Å². The molecule has 1 aromatic heterocycles. The molecule has 0 saturated carbocycles. The standard InChI is InChI=1S/C23H20N2O7/c26-20(24-16-3-1-4-17(11-16)25-10-2-5-21(25)27)13-31-23(29)14-30-18-8-6-15-7-9-22(28)32-19(15)12-18/h1,3-4,6-9,11-12H,2,5,10,13-14H2,(H,24,26). The van der Waals surface area contributed by atoms with Crippen LogP contribution >= 0.6 is 0 Å². The second-order valence-corrected chi connectivity index (χ2v) is 7.15. The molecule has 4 rings (SSSR count). The summed E-state index contributed by atoms with van der Waals surface area (Å²) in [5, 5.41) is 3.36. The molecular formula is C23H20N2O7. The summed E-state index contributed by atoms with van der Waals surface area (Å²) in [5.74, 6) is -0.876. The summed E-state index contributed by atoms with van der Waals surface area (Å²) in [6.07, 6.45) is 1.32. The minimum Gasteiger partial charge on any atom is -0.482 e. The summed E-state index contributed by atoms with van der Waals surface area (Å²) < 4.78 is 15.3. The first-order chi connectivity index (χ1) is 15.5. The number of fused-ring (bicyclic) bond motifs is 1. The molecule has 0 bridgehead atoms. The molecule has 0 radical (unpaired) electrons. The number of hydrogen-bond donors (Lipinski definition) is 1. The van der Waals surface area contributed by atoms with Gasteiger partial charge in [-0.15, -0.1) is 0 Å². The van der Waals surface area contributed by atoms with E-state index in [1.54, 1.807) is 47.4 Å². The molecule has 9 heteroatoms. The third kappa shape index (κ3) is 5.12. The normalized spacial score (nSPS) is 13.2. The van der Waals surface area contributed by atoms with E-state index < -0.39 is 30.7 Å². The van der Waals surface area contributed by atoms with Crippen molar-refractivity contribution in [3.8, 4) is 5.75 Å². The lowest BCUT2D eigenvalue weighted by atomic mass is 10.2. The van der Waals surface area contributed by atoms with E-state index >= 15 is 0 Å². The Morgan fingerprint density at radius 1 is 1.03 bits per heavy atom. The van der Waals surface area contributed by atoms with Crippen LogP contribution in [0.5, 0.6) is 5.75 Å². The molecule has 1 saturated heterocycles. The minimum absolute atomic E-state index is 0.0518. The fraction of sp³-hybridized carbons (Fsp3) is 0.217. The highest BCUT2D eigenvalue weighted by molar-refractivity contribution is 5.97. The van der Waals surface area contributed by atoms with E-state index in [4.69, 9.17) is 13.9 Å². The fourth-order valence-corrected chi connectivity index (χ4v) is 3.33. The first-order valence-corrected chi connectivity index (χ1v) is 10.0. The number of ether oxygens (including phenoxy) is 2. The lowest BCUT2D eigenvalue weighted by Crippen LogP contribution is -2.25. The van der Waals surface area contributed by atoms with E-state index in [-0.39, 0.29) is 5.91 Å². The molecule has 1 aliphatic heterocycles. The van der Waals surface area contributed by atoms with Crippen LogP contribution in [0.3, 0.4) is 0 Å². The van der Waals surface area contributed by atoms with E-state index in [1.165, 1.54) is 12.1 Å². The highest BCUT2D eigenvalue weighted by Gasteiger charge is 2.21. The number of carbonyl (C=O) groups is 3. The van der Waals surface area contributed by atoms with Crippen molar-refractivity contribution >= 4 is 40.1 Å². The molecule has 9 nitrogen and oxygen atoms in total. The van der Waals surface area contributed by atoms with Crippen molar-refractivity contribution in [1.29, 1.82) is 0 Å². The molecule has 2 aromatic carbocycles. The first-order valence-electron chi connectivity index (χ1n) is 10.0. The van der Waals surface area contributed by atoms with Gasteiger partial charge >= 0.3 is 11.6 Å². The molecule has 2 heterocycles. The van der Waals surface area contributed by atoms with Crippen molar-refractivity contribution < 1.29 is 28.3 Å². The number of amides is 2. The predicted octanol–water partition coefficient (Wildman–Crippen LogP) is 2.48. The van der Waals surface area contributed by atoms with E-state index in [1.807, 2.05) is 0 Å². The monoisotopic (exact) mass is 436 g/mol. The second-order valence-electron chi connectivity index (χ2n) is 7.15. The van der Waals surface area contributed by atoms with Crippen molar-refractivity contribution in [1.82, 2.24) is 0 Å². The van der Waals surface area contributed by atoms with Crippen LogP contribution in [0.2, 0.25) is 0 Å². The number of anilines is 2. The van der Waals surface area contributed by atoms with Gasteiger partial charge in [-0.25, -0.2) is 9.59 Å². The zero-order valence-electron chi connectivity index (χ0n) is 17.0. The molecule has 0 aliphatic carbocycles. The van der Waals surface area contributed by atoms with Crippen LogP contribution < -0.4 is 20.6 Å². The average Bonchev–Trinajstić information content (AvgIpc) is 3.22. The number of esters is 1. The second kappa shape index (κ2) is 9.34. The number of nitrogens with zero attached hydrogens (tertiary/aromatic N) is 1. The molecule has 32 heavy (non-hydrogen) atoms. The Hall–Kier alpha value is -4.14. The summed E-state index contributed by atoms with van der Waals surface area (Å²) in [7, 11) is 0. The molecule has 3 aromatic rings. The Bertz CT molecular complexity index is 1230. The minimum atomic E-state index is -0.730. The Kier molecular flexibility index (Phi) is 6.16. The molecule has 0 atom stereocenters. The number of rotatable bonds is 7. The van der Waals surface area contributed by atoms with Crippen LogP contribution in [-0.2, 0) is 19.1 Å². The summed E-state index contributed by atoms with van der Waals surface area (Å²) >= 11 is 0. The van der Waals surface area contributed by atoms with Gasteiger partial charge in [0, 0.05) is 41.9 Å². The zero-order valence-corrected chi connectivity index (χ0v) is 17.0. The Morgan fingerprint density at radius 3 is 2.69 bits per heavy atom. The number of hydrogen-bond acceptors (Lipinski definition) is 7. The molecule has 1 fully saturated rings. The van der Waals surface area contributed by atoms with E-state index in [0.717, 1.165) is 11.8 Å². The van der Waals surface area contributed by atoms with Crippen LogP contribution in [0, 0.1) is 0 Å². The largest absolute Gasteiger partial charge is 0.482 e. The predicted molar refractivity (Wildman–Crippen MR) is 116 cm³/mol. The van der Waals surface area contributed by atoms with E-state index in [2.05, 4.69) is 5.32 Å². The van der Waals surface area contributed by atoms with Gasteiger partial charge in [0.2, 0.25) is 5.91 Å². The Morgan fingerprint density at radius 2 is 1.88 bits per heavy atom. The van der Waals surface area contributed by atoms with Crippen LogP contribution in [0.1, 0.15) is 12.8 Å². The smallest absolute Gasteiger partial charge is 0.344 e. The maximum Gasteiger partial charge on any atom is 0.344 e. The van der Waals surface area contributed by atoms with Crippen molar-refractivity contribution in [3.63, 3.8) is 0 Å². The molecule has 1 N–H and O–H groups in total.